The highest BCUT2D eigenvalue weighted by Crippen LogP contribution is 2.60. The molecule has 0 rings (SSSR count). The summed E-state index contributed by atoms with van der Waals surface area (Å²) in [4.78, 5) is 0. The summed E-state index contributed by atoms with van der Waals surface area (Å²) >= 11 is 0. The van der Waals surface area contributed by atoms with Gasteiger partial charge >= 0.3 is 0 Å². The Balaban J connectivity index is 0. The van der Waals surface area contributed by atoms with Gasteiger partial charge in [-0.05, 0) is 26.2 Å². The summed E-state index contributed by atoms with van der Waals surface area (Å²) in [6.45, 7) is 9.48. The maximum Gasteiger partial charge on any atom is 0.0594 e. The Bertz CT molecular complexity index is 144. The molecule has 0 bridgehead atoms. The quantitative estimate of drug-likeness (QED) is 0.252. The molecule has 0 atom stereocenters. The number of hydrogen-bond donors (Lipinski definition) is 0. The van der Waals surface area contributed by atoms with E-state index in [1.165, 1.54) is 63.9 Å². The lowest BCUT2D eigenvalue weighted by Gasteiger charge is -2.27. The van der Waals surface area contributed by atoms with E-state index in [1.54, 1.807) is 18.5 Å². The Morgan fingerprint density at radius 2 is 0.842 bits per heavy atom. The van der Waals surface area contributed by atoms with Crippen molar-refractivity contribution in [3.63, 3.8) is 0 Å². The van der Waals surface area contributed by atoms with Crippen LogP contribution in [0.4, 0.5) is 0 Å². The zero-order chi connectivity index (χ0) is 13.7. The monoisotopic (exact) mass is 400 g/mol. The molecule has 0 aliphatic heterocycles. The first-order chi connectivity index (χ1) is 8.74. The SMILES string of the molecule is CCCCC[P+](CC)(CCCCC)CCCCC.[I-]. The van der Waals surface area contributed by atoms with Crippen molar-refractivity contribution in [3.05, 3.63) is 0 Å². The molecule has 0 N–H and O–H groups in total. The van der Waals surface area contributed by atoms with Gasteiger partial charge in [0.1, 0.15) is 0 Å². The van der Waals surface area contributed by atoms with E-state index in [4.69, 9.17) is 0 Å². The molecule has 0 aliphatic carbocycles. The zero-order valence-electron chi connectivity index (χ0n) is 14.0. The molecule has 0 aliphatic rings. The standard InChI is InChI=1S/C17H38P.HI/c1-5-9-12-15-18(8-4,16-13-10-6-2)17-14-11-7-3;/h5-17H2,1-4H3;1H/q+1;/p-1. The van der Waals surface area contributed by atoms with E-state index >= 15 is 0 Å². The molecule has 0 saturated carbocycles. The maximum absolute atomic E-state index is 2.48. The third kappa shape index (κ3) is 11.5. The Morgan fingerprint density at radius 1 is 0.526 bits per heavy atom. The molecule has 0 radical (unpaired) electrons. The second-order valence-electron chi connectivity index (χ2n) is 5.95. The first-order valence-electron chi connectivity index (χ1n) is 8.59. The van der Waals surface area contributed by atoms with Gasteiger partial charge in [0.05, 0.1) is 24.6 Å². The van der Waals surface area contributed by atoms with Crippen LogP contribution in [0.2, 0.25) is 0 Å². The lowest BCUT2D eigenvalue weighted by atomic mass is 10.3. The maximum atomic E-state index is 2.48. The van der Waals surface area contributed by atoms with Gasteiger partial charge < -0.3 is 24.0 Å². The van der Waals surface area contributed by atoms with Crippen LogP contribution < -0.4 is 24.0 Å². The van der Waals surface area contributed by atoms with E-state index in [9.17, 15) is 0 Å². The van der Waals surface area contributed by atoms with E-state index in [0.29, 0.717) is 0 Å². The molecule has 19 heavy (non-hydrogen) atoms. The fourth-order valence-corrected chi connectivity index (χ4v) is 7.20. The van der Waals surface area contributed by atoms with Crippen molar-refractivity contribution in [2.24, 2.45) is 0 Å². The minimum atomic E-state index is -0.566. The summed E-state index contributed by atoms with van der Waals surface area (Å²) in [5.74, 6) is 0. The molecule has 0 unspecified atom stereocenters. The van der Waals surface area contributed by atoms with Crippen molar-refractivity contribution in [1.82, 2.24) is 0 Å². The molecule has 0 aromatic rings. The van der Waals surface area contributed by atoms with E-state index in [1.807, 2.05) is 0 Å². The molecule has 0 spiro atoms. The first-order valence-corrected chi connectivity index (χ1v) is 11.1. The average Bonchev–Trinajstić information content (AvgIpc) is 2.39. The second-order valence-corrected chi connectivity index (χ2v) is 10.6. The molecule has 0 aromatic heterocycles. The lowest BCUT2D eigenvalue weighted by molar-refractivity contribution is -0.00000425. The Kier molecular flexibility index (Phi) is 18.4. The van der Waals surface area contributed by atoms with Crippen LogP contribution in [0.15, 0.2) is 0 Å². The largest absolute Gasteiger partial charge is 1.00 e. The molecular weight excluding hydrogens is 362 g/mol. The van der Waals surface area contributed by atoms with Crippen molar-refractivity contribution in [2.45, 2.75) is 85.5 Å². The molecular formula is C17H38IP. The fourth-order valence-electron chi connectivity index (χ4n) is 2.90. The van der Waals surface area contributed by atoms with Gasteiger partial charge in [0, 0.05) is 7.26 Å². The molecule has 0 heterocycles. The Labute approximate surface area is 141 Å². The van der Waals surface area contributed by atoms with E-state index in [2.05, 4.69) is 27.7 Å². The van der Waals surface area contributed by atoms with Gasteiger partial charge in [0.25, 0.3) is 0 Å². The minimum Gasteiger partial charge on any atom is -1.00 e. The second kappa shape index (κ2) is 15.5. The fraction of sp³-hybridized carbons (Fsp3) is 1.00. The predicted molar refractivity (Wildman–Crippen MR) is 90.6 cm³/mol. The minimum absolute atomic E-state index is 0. The van der Waals surface area contributed by atoms with Crippen molar-refractivity contribution in [3.8, 4) is 0 Å². The van der Waals surface area contributed by atoms with Crippen LogP contribution in [-0.2, 0) is 0 Å². The van der Waals surface area contributed by atoms with Crippen LogP contribution in [0.1, 0.15) is 85.5 Å². The molecule has 118 valence electrons. The third-order valence-electron chi connectivity index (χ3n) is 4.38. The van der Waals surface area contributed by atoms with E-state index in [-0.39, 0.29) is 24.0 Å². The number of unbranched alkanes of at least 4 members (excludes halogenated alkanes) is 6. The van der Waals surface area contributed by atoms with Crippen LogP contribution in [0.3, 0.4) is 0 Å². The highest BCUT2D eigenvalue weighted by atomic mass is 127. The predicted octanol–water partition coefficient (Wildman–Crippen LogP) is 3.60. The van der Waals surface area contributed by atoms with Crippen molar-refractivity contribution >= 4 is 7.26 Å². The van der Waals surface area contributed by atoms with Crippen LogP contribution in [0.25, 0.3) is 0 Å². The van der Waals surface area contributed by atoms with Crippen LogP contribution in [0, 0.1) is 0 Å². The average molecular weight is 400 g/mol. The summed E-state index contributed by atoms with van der Waals surface area (Å²) < 4.78 is 0. The highest BCUT2D eigenvalue weighted by molar-refractivity contribution is 7.75. The summed E-state index contributed by atoms with van der Waals surface area (Å²) in [5, 5.41) is 0. The molecule has 0 fully saturated rings. The van der Waals surface area contributed by atoms with Gasteiger partial charge in [0.15, 0.2) is 0 Å². The molecule has 0 saturated heterocycles. The number of hydrogen-bond acceptors (Lipinski definition) is 0. The van der Waals surface area contributed by atoms with Gasteiger partial charge in [-0.25, -0.2) is 0 Å². The topological polar surface area (TPSA) is 0 Å². The van der Waals surface area contributed by atoms with E-state index in [0.717, 1.165) is 0 Å². The van der Waals surface area contributed by atoms with Gasteiger partial charge in [-0.3, -0.25) is 0 Å². The highest BCUT2D eigenvalue weighted by Gasteiger charge is 2.33. The van der Waals surface area contributed by atoms with Crippen LogP contribution in [0.5, 0.6) is 0 Å². The van der Waals surface area contributed by atoms with Crippen LogP contribution >= 0.6 is 7.26 Å². The van der Waals surface area contributed by atoms with Gasteiger partial charge in [-0.2, -0.15) is 0 Å². The third-order valence-corrected chi connectivity index (χ3v) is 9.52. The smallest absolute Gasteiger partial charge is 0.0594 e. The van der Waals surface area contributed by atoms with Gasteiger partial charge in [0.2, 0.25) is 0 Å². The first kappa shape index (κ1) is 22.4. The Morgan fingerprint density at radius 3 is 1.05 bits per heavy atom. The lowest BCUT2D eigenvalue weighted by Crippen LogP contribution is -3.00. The number of halogens is 1. The van der Waals surface area contributed by atoms with E-state index < -0.39 is 7.26 Å². The summed E-state index contributed by atoms with van der Waals surface area (Å²) in [5.41, 5.74) is 0. The summed E-state index contributed by atoms with van der Waals surface area (Å²) in [7, 11) is -0.566. The van der Waals surface area contributed by atoms with Crippen molar-refractivity contribution < 1.29 is 24.0 Å². The molecule has 0 aromatic carbocycles. The summed E-state index contributed by atoms with van der Waals surface area (Å²) in [6, 6.07) is 0. The van der Waals surface area contributed by atoms with Crippen LogP contribution in [-0.4, -0.2) is 24.6 Å². The van der Waals surface area contributed by atoms with Crippen molar-refractivity contribution in [1.29, 1.82) is 0 Å². The normalized spacial score (nSPS) is 11.4. The van der Waals surface area contributed by atoms with Gasteiger partial charge in [-0.1, -0.05) is 59.3 Å². The molecule has 0 nitrogen and oxygen atoms in total. The van der Waals surface area contributed by atoms with Gasteiger partial charge in [-0.15, -0.1) is 0 Å². The summed E-state index contributed by atoms with van der Waals surface area (Å²) in [6.07, 6.45) is 19.4. The number of rotatable bonds is 13. The van der Waals surface area contributed by atoms with Crippen molar-refractivity contribution in [2.75, 3.05) is 24.6 Å². The molecule has 2 heteroatoms. The zero-order valence-corrected chi connectivity index (χ0v) is 17.1. The Hall–Kier alpha value is 1.16. The molecule has 0 amide bonds.